The smallest absolute Gasteiger partial charge is 0.122 e. The van der Waals surface area contributed by atoms with Crippen molar-refractivity contribution in [2.75, 3.05) is 19.8 Å². The van der Waals surface area contributed by atoms with E-state index in [1.807, 2.05) is 56.3 Å². The van der Waals surface area contributed by atoms with Gasteiger partial charge in [0.05, 0.1) is 19.8 Å². The second kappa shape index (κ2) is 8.54. The Bertz CT molecular complexity index is 599. The largest absolute Gasteiger partial charge is 0.494 e. The fourth-order valence-electron chi connectivity index (χ4n) is 1.97. The molecule has 0 unspecified atom stereocenters. The molecule has 0 heterocycles. The molecular weight excluding hydrogens is 300 g/mol. The monoisotopic (exact) mass is 320 g/mol. The van der Waals surface area contributed by atoms with Gasteiger partial charge in [0.1, 0.15) is 17.2 Å². The molecule has 118 valence electrons. The van der Waals surface area contributed by atoms with Crippen LogP contribution in [0, 0.1) is 6.92 Å². The number of ether oxygens (including phenoxy) is 3. The summed E-state index contributed by atoms with van der Waals surface area (Å²) in [5.41, 5.74) is 1.02. The molecule has 2 rings (SSSR count). The lowest BCUT2D eigenvalue weighted by Crippen LogP contribution is -2.05. The van der Waals surface area contributed by atoms with Gasteiger partial charge in [-0.25, -0.2) is 0 Å². The van der Waals surface area contributed by atoms with Gasteiger partial charge in [0.15, 0.2) is 0 Å². The molecule has 0 radical (unpaired) electrons. The zero-order valence-electron chi connectivity index (χ0n) is 13.0. The van der Waals surface area contributed by atoms with E-state index in [9.17, 15) is 0 Å². The van der Waals surface area contributed by atoms with Crippen LogP contribution in [-0.4, -0.2) is 19.8 Å². The fraction of sp³-hybridized carbons (Fsp3) is 0.333. The van der Waals surface area contributed by atoms with Crippen molar-refractivity contribution >= 4 is 11.6 Å². The van der Waals surface area contributed by atoms with Gasteiger partial charge in [-0.05, 0) is 49.7 Å². The molecule has 0 N–H and O–H groups in total. The molecule has 0 amide bonds. The summed E-state index contributed by atoms with van der Waals surface area (Å²) in [5, 5.41) is 0.755. The average molecular weight is 321 g/mol. The summed E-state index contributed by atoms with van der Waals surface area (Å²) in [6, 6.07) is 13.3. The molecule has 0 bridgehead atoms. The van der Waals surface area contributed by atoms with Gasteiger partial charge in [0.25, 0.3) is 0 Å². The van der Waals surface area contributed by atoms with Crippen LogP contribution in [0.2, 0.25) is 5.02 Å². The standard InChI is InChI=1S/C18H21ClO3/c1-3-20-15-6-4-7-16(13-15)21-10-5-11-22-17-8-9-18(19)14(2)12-17/h4,6-9,12-13H,3,5,10-11H2,1-2H3. The number of benzene rings is 2. The van der Waals surface area contributed by atoms with Crippen LogP contribution in [0.25, 0.3) is 0 Å². The molecule has 0 aliphatic heterocycles. The molecular formula is C18H21ClO3. The SMILES string of the molecule is CCOc1cccc(OCCCOc2ccc(Cl)c(C)c2)c1. The maximum absolute atomic E-state index is 5.98. The highest BCUT2D eigenvalue weighted by atomic mass is 35.5. The lowest BCUT2D eigenvalue weighted by atomic mass is 10.2. The molecule has 0 spiro atoms. The summed E-state index contributed by atoms with van der Waals surface area (Å²) in [4.78, 5) is 0. The zero-order valence-corrected chi connectivity index (χ0v) is 13.7. The predicted octanol–water partition coefficient (Wildman–Crippen LogP) is 4.90. The van der Waals surface area contributed by atoms with E-state index in [1.54, 1.807) is 0 Å². The minimum Gasteiger partial charge on any atom is -0.494 e. The molecule has 4 heteroatoms. The summed E-state index contributed by atoms with van der Waals surface area (Å²) in [7, 11) is 0. The Hall–Kier alpha value is -1.87. The molecule has 0 aliphatic rings. The summed E-state index contributed by atoms with van der Waals surface area (Å²) in [6.45, 7) is 5.78. The number of halogens is 1. The van der Waals surface area contributed by atoms with Gasteiger partial charge < -0.3 is 14.2 Å². The summed E-state index contributed by atoms with van der Waals surface area (Å²) in [5.74, 6) is 2.47. The first-order chi connectivity index (χ1) is 10.7. The lowest BCUT2D eigenvalue weighted by Gasteiger charge is -2.10. The second-order valence-corrected chi connectivity index (χ2v) is 5.28. The third-order valence-electron chi connectivity index (χ3n) is 3.07. The van der Waals surface area contributed by atoms with E-state index in [1.165, 1.54) is 0 Å². The van der Waals surface area contributed by atoms with E-state index >= 15 is 0 Å². The second-order valence-electron chi connectivity index (χ2n) is 4.87. The molecule has 3 nitrogen and oxygen atoms in total. The minimum atomic E-state index is 0.599. The highest BCUT2D eigenvalue weighted by molar-refractivity contribution is 6.31. The molecule has 2 aromatic rings. The van der Waals surface area contributed by atoms with Crippen molar-refractivity contribution < 1.29 is 14.2 Å². The highest BCUT2D eigenvalue weighted by Crippen LogP contribution is 2.21. The maximum Gasteiger partial charge on any atom is 0.122 e. The number of aryl methyl sites for hydroxylation is 1. The van der Waals surface area contributed by atoms with Crippen LogP contribution < -0.4 is 14.2 Å². The molecule has 2 aromatic carbocycles. The number of rotatable bonds is 8. The van der Waals surface area contributed by atoms with Crippen LogP contribution in [0.5, 0.6) is 17.2 Å². The molecule has 0 fully saturated rings. The molecule has 0 aliphatic carbocycles. The first-order valence-corrected chi connectivity index (χ1v) is 7.81. The Balaban J connectivity index is 1.70. The molecule has 0 saturated carbocycles. The molecule has 0 atom stereocenters. The van der Waals surface area contributed by atoms with Gasteiger partial charge in [-0.3, -0.25) is 0 Å². The van der Waals surface area contributed by atoms with Gasteiger partial charge in [0.2, 0.25) is 0 Å². The van der Waals surface area contributed by atoms with Crippen LogP contribution in [0.1, 0.15) is 18.9 Å². The van der Waals surface area contributed by atoms with Gasteiger partial charge in [-0.2, -0.15) is 0 Å². The van der Waals surface area contributed by atoms with Crippen molar-refractivity contribution in [2.24, 2.45) is 0 Å². The van der Waals surface area contributed by atoms with Gasteiger partial charge in [-0.15, -0.1) is 0 Å². The summed E-state index contributed by atoms with van der Waals surface area (Å²) < 4.78 is 16.8. The maximum atomic E-state index is 5.98. The average Bonchev–Trinajstić information content (AvgIpc) is 2.51. The Morgan fingerprint density at radius 1 is 0.864 bits per heavy atom. The van der Waals surface area contributed by atoms with Crippen molar-refractivity contribution in [3.05, 3.63) is 53.1 Å². The van der Waals surface area contributed by atoms with Gasteiger partial charge >= 0.3 is 0 Å². The third-order valence-corrected chi connectivity index (χ3v) is 3.50. The van der Waals surface area contributed by atoms with E-state index in [-0.39, 0.29) is 0 Å². The van der Waals surface area contributed by atoms with E-state index in [0.717, 1.165) is 34.3 Å². The first-order valence-electron chi connectivity index (χ1n) is 7.43. The molecule has 22 heavy (non-hydrogen) atoms. The van der Waals surface area contributed by atoms with Crippen molar-refractivity contribution in [3.8, 4) is 17.2 Å². The quantitative estimate of drug-likeness (QED) is 0.648. The van der Waals surface area contributed by atoms with Crippen molar-refractivity contribution in [3.63, 3.8) is 0 Å². The predicted molar refractivity (Wildman–Crippen MR) is 89.4 cm³/mol. The third kappa shape index (κ3) is 5.15. The van der Waals surface area contributed by atoms with E-state index in [2.05, 4.69) is 0 Å². The Kier molecular flexibility index (Phi) is 6.41. The van der Waals surface area contributed by atoms with Crippen LogP contribution in [0.4, 0.5) is 0 Å². The Morgan fingerprint density at radius 2 is 1.50 bits per heavy atom. The van der Waals surface area contributed by atoms with Crippen LogP contribution >= 0.6 is 11.6 Å². The van der Waals surface area contributed by atoms with E-state index < -0.39 is 0 Å². The Labute approximate surface area is 136 Å². The van der Waals surface area contributed by atoms with Crippen molar-refractivity contribution in [1.29, 1.82) is 0 Å². The van der Waals surface area contributed by atoms with Gasteiger partial charge in [0, 0.05) is 17.5 Å². The highest BCUT2D eigenvalue weighted by Gasteiger charge is 2.00. The van der Waals surface area contributed by atoms with Crippen molar-refractivity contribution in [1.82, 2.24) is 0 Å². The topological polar surface area (TPSA) is 27.7 Å². The summed E-state index contributed by atoms with van der Waals surface area (Å²) in [6.07, 6.45) is 0.806. The summed E-state index contributed by atoms with van der Waals surface area (Å²) >= 11 is 5.98. The lowest BCUT2D eigenvalue weighted by molar-refractivity contribution is 0.246. The van der Waals surface area contributed by atoms with E-state index in [4.69, 9.17) is 25.8 Å². The van der Waals surface area contributed by atoms with Crippen LogP contribution in [0.15, 0.2) is 42.5 Å². The normalized spacial score (nSPS) is 10.3. The molecule has 0 saturated heterocycles. The van der Waals surface area contributed by atoms with Crippen LogP contribution in [0.3, 0.4) is 0 Å². The Morgan fingerprint density at radius 3 is 2.14 bits per heavy atom. The van der Waals surface area contributed by atoms with Gasteiger partial charge in [-0.1, -0.05) is 17.7 Å². The fourth-order valence-corrected chi connectivity index (χ4v) is 2.08. The first kappa shape index (κ1) is 16.5. The van der Waals surface area contributed by atoms with E-state index in [0.29, 0.717) is 19.8 Å². The number of hydrogen-bond donors (Lipinski definition) is 0. The van der Waals surface area contributed by atoms with Crippen LogP contribution in [-0.2, 0) is 0 Å². The van der Waals surface area contributed by atoms with Crippen molar-refractivity contribution in [2.45, 2.75) is 20.3 Å². The minimum absolute atomic E-state index is 0.599. The molecule has 0 aromatic heterocycles. The zero-order chi connectivity index (χ0) is 15.8. The number of hydrogen-bond acceptors (Lipinski definition) is 3.